The number of amides is 3. The molecule has 1 saturated heterocycles. The molecule has 1 aliphatic heterocycles. The molecule has 0 radical (unpaired) electrons. The Morgan fingerprint density at radius 1 is 1.11 bits per heavy atom. The van der Waals surface area contributed by atoms with E-state index in [0.29, 0.717) is 24.2 Å². The number of anilines is 2. The topological polar surface area (TPSA) is 118 Å². The number of benzene rings is 3. The summed E-state index contributed by atoms with van der Waals surface area (Å²) >= 11 is 0. The monoisotopic (exact) mass is 468 g/mol. The Balaban J connectivity index is 1.54. The van der Waals surface area contributed by atoms with Gasteiger partial charge in [-0.1, -0.05) is 24.3 Å². The summed E-state index contributed by atoms with van der Waals surface area (Å²) < 4.78 is 5.07. The van der Waals surface area contributed by atoms with Crippen molar-refractivity contribution < 1.29 is 19.1 Å². The van der Waals surface area contributed by atoms with E-state index in [1.165, 1.54) is 0 Å². The number of ether oxygens (including phenoxy) is 1. The van der Waals surface area contributed by atoms with Crippen molar-refractivity contribution in [3.63, 3.8) is 0 Å². The highest BCUT2D eigenvalue weighted by atomic mass is 16.6. The van der Waals surface area contributed by atoms with Gasteiger partial charge in [0.15, 0.2) is 0 Å². The number of hydrogen-bond acceptors (Lipinski definition) is 4. The Kier molecular flexibility index (Phi) is 4.77. The fraction of sp³-hybridized carbons (Fsp3) is 0.222. The Morgan fingerprint density at radius 3 is 2.66 bits per heavy atom. The Morgan fingerprint density at radius 2 is 1.94 bits per heavy atom. The molecule has 4 N–H and O–H groups in total. The molecule has 1 aromatic heterocycles. The van der Waals surface area contributed by atoms with Crippen LogP contribution in [0.15, 0.2) is 48.5 Å². The second kappa shape index (κ2) is 7.87. The quantitative estimate of drug-likeness (QED) is 0.393. The van der Waals surface area contributed by atoms with Crippen molar-refractivity contribution in [3.8, 4) is 11.1 Å². The van der Waals surface area contributed by atoms with Crippen molar-refractivity contribution in [1.82, 2.24) is 4.98 Å². The SMILES string of the molecule is Cc1c(NC(=O)C2CC2)cccc1-c1ccc(C(N)=O)c2[nH]c3cc(N4CCOC4=O)ccc3c12. The van der Waals surface area contributed by atoms with Gasteiger partial charge in [-0.2, -0.15) is 0 Å². The van der Waals surface area contributed by atoms with E-state index in [9.17, 15) is 14.4 Å². The number of carbonyl (C=O) groups excluding carboxylic acids is 3. The summed E-state index contributed by atoms with van der Waals surface area (Å²) in [6.07, 6.45) is 1.50. The molecule has 2 heterocycles. The average molecular weight is 469 g/mol. The Hall–Kier alpha value is -4.33. The van der Waals surface area contributed by atoms with Gasteiger partial charge in [0.2, 0.25) is 5.91 Å². The number of nitrogens with one attached hydrogen (secondary N) is 2. The van der Waals surface area contributed by atoms with Gasteiger partial charge in [-0.25, -0.2) is 4.79 Å². The molecule has 0 bridgehead atoms. The van der Waals surface area contributed by atoms with Crippen LogP contribution in [0.4, 0.5) is 16.2 Å². The number of aromatic nitrogens is 1. The number of carbonyl (C=O) groups is 3. The van der Waals surface area contributed by atoms with Gasteiger partial charge in [-0.05, 0) is 60.7 Å². The van der Waals surface area contributed by atoms with Crippen LogP contribution in [0.5, 0.6) is 0 Å². The van der Waals surface area contributed by atoms with Crippen LogP contribution in [0.3, 0.4) is 0 Å². The van der Waals surface area contributed by atoms with Gasteiger partial charge in [0.1, 0.15) is 6.61 Å². The number of rotatable bonds is 5. The first-order valence-electron chi connectivity index (χ1n) is 11.7. The van der Waals surface area contributed by atoms with Crippen molar-refractivity contribution in [2.75, 3.05) is 23.4 Å². The van der Waals surface area contributed by atoms with Gasteiger partial charge in [0.05, 0.1) is 17.6 Å². The summed E-state index contributed by atoms with van der Waals surface area (Å²) in [4.78, 5) is 41.7. The van der Waals surface area contributed by atoms with Crippen LogP contribution in [0.25, 0.3) is 32.9 Å². The Bertz CT molecular complexity index is 1550. The maximum Gasteiger partial charge on any atom is 0.414 e. The molecule has 35 heavy (non-hydrogen) atoms. The van der Waals surface area contributed by atoms with E-state index in [-0.39, 0.29) is 17.9 Å². The second-order valence-electron chi connectivity index (χ2n) is 9.14. The van der Waals surface area contributed by atoms with Gasteiger partial charge in [-0.15, -0.1) is 0 Å². The van der Waals surface area contributed by atoms with Gasteiger partial charge in [0, 0.05) is 33.6 Å². The number of nitrogens with zero attached hydrogens (tertiary/aromatic N) is 1. The maximum absolute atomic E-state index is 12.4. The molecule has 1 aliphatic carbocycles. The third-order valence-corrected chi connectivity index (χ3v) is 6.91. The lowest BCUT2D eigenvalue weighted by Gasteiger charge is -2.15. The zero-order chi connectivity index (χ0) is 24.3. The lowest BCUT2D eigenvalue weighted by Crippen LogP contribution is -2.23. The third-order valence-electron chi connectivity index (χ3n) is 6.91. The first kappa shape index (κ1) is 21.2. The van der Waals surface area contributed by atoms with E-state index >= 15 is 0 Å². The highest BCUT2D eigenvalue weighted by Gasteiger charge is 2.30. The summed E-state index contributed by atoms with van der Waals surface area (Å²) in [5, 5.41) is 4.83. The molecule has 6 rings (SSSR count). The van der Waals surface area contributed by atoms with Crippen LogP contribution in [0, 0.1) is 12.8 Å². The number of aromatic amines is 1. The number of nitrogens with two attached hydrogens (primary N) is 1. The predicted molar refractivity (Wildman–Crippen MR) is 135 cm³/mol. The minimum Gasteiger partial charge on any atom is -0.447 e. The molecule has 2 aliphatic rings. The number of H-pyrrole nitrogens is 1. The number of primary amides is 1. The fourth-order valence-corrected chi connectivity index (χ4v) is 4.87. The van der Waals surface area contributed by atoms with Crippen LogP contribution in [0.1, 0.15) is 28.8 Å². The van der Waals surface area contributed by atoms with Gasteiger partial charge in [-0.3, -0.25) is 14.5 Å². The molecule has 3 amide bonds. The van der Waals surface area contributed by atoms with E-state index in [1.807, 2.05) is 49.4 Å². The first-order chi connectivity index (χ1) is 16.9. The molecule has 2 fully saturated rings. The van der Waals surface area contributed by atoms with Crippen molar-refractivity contribution in [2.45, 2.75) is 19.8 Å². The smallest absolute Gasteiger partial charge is 0.414 e. The molecule has 1 saturated carbocycles. The molecule has 0 spiro atoms. The predicted octanol–water partition coefficient (Wildman–Crippen LogP) is 4.70. The maximum atomic E-state index is 12.4. The Labute approximate surface area is 201 Å². The fourth-order valence-electron chi connectivity index (χ4n) is 4.87. The number of cyclic esters (lactones) is 1. The summed E-state index contributed by atoms with van der Waals surface area (Å²) in [5.41, 5.74) is 11.8. The van der Waals surface area contributed by atoms with Gasteiger partial charge >= 0.3 is 6.09 Å². The van der Waals surface area contributed by atoms with Gasteiger partial charge < -0.3 is 20.8 Å². The minimum atomic E-state index is -0.529. The number of hydrogen-bond donors (Lipinski definition) is 3. The molecule has 0 atom stereocenters. The van der Waals surface area contributed by atoms with Crippen molar-refractivity contribution in [1.29, 1.82) is 0 Å². The van der Waals surface area contributed by atoms with E-state index in [1.54, 1.807) is 11.0 Å². The van der Waals surface area contributed by atoms with Crippen molar-refractivity contribution in [3.05, 3.63) is 59.7 Å². The minimum absolute atomic E-state index is 0.0551. The van der Waals surface area contributed by atoms with E-state index in [0.717, 1.165) is 57.2 Å². The molecule has 0 unspecified atom stereocenters. The van der Waals surface area contributed by atoms with Crippen LogP contribution >= 0.6 is 0 Å². The lowest BCUT2D eigenvalue weighted by molar-refractivity contribution is -0.117. The van der Waals surface area contributed by atoms with Crippen molar-refractivity contribution in [2.24, 2.45) is 11.7 Å². The zero-order valence-corrected chi connectivity index (χ0v) is 19.2. The van der Waals surface area contributed by atoms with E-state index in [4.69, 9.17) is 10.5 Å². The van der Waals surface area contributed by atoms with E-state index < -0.39 is 5.91 Å². The molecule has 8 nitrogen and oxygen atoms in total. The standard InChI is InChI=1S/C27H24N4O4/c1-14-17(3-2-4-21(14)30-26(33)15-5-6-15)18-9-10-20(25(28)32)24-23(18)19-8-7-16(13-22(19)29-24)31-11-12-35-27(31)34/h2-4,7-10,13,15,29H,5-6,11-12H2,1H3,(H2,28,32)(H,30,33). The lowest BCUT2D eigenvalue weighted by atomic mass is 9.93. The normalized spacial score (nSPS) is 15.6. The van der Waals surface area contributed by atoms with E-state index in [2.05, 4.69) is 10.3 Å². The zero-order valence-electron chi connectivity index (χ0n) is 19.2. The largest absolute Gasteiger partial charge is 0.447 e. The molecular weight excluding hydrogens is 444 g/mol. The third kappa shape index (κ3) is 3.49. The van der Waals surface area contributed by atoms with Crippen LogP contribution in [0.2, 0.25) is 0 Å². The first-order valence-corrected chi connectivity index (χ1v) is 11.7. The molecule has 8 heteroatoms. The highest BCUT2D eigenvalue weighted by Crippen LogP contribution is 2.40. The number of fused-ring (bicyclic) bond motifs is 3. The summed E-state index contributed by atoms with van der Waals surface area (Å²) in [7, 11) is 0. The van der Waals surface area contributed by atoms with Crippen LogP contribution in [-0.4, -0.2) is 36.0 Å². The second-order valence-corrected chi connectivity index (χ2v) is 9.14. The summed E-state index contributed by atoms with van der Waals surface area (Å²) in [6.45, 7) is 2.82. The van der Waals surface area contributed by atoms with Crippen LogP contribution in [-0.2, 0) is 9.53 Å². The molecule has 4 aromatic rings. The molecule has 176 valence electrons. The van der Waals surface area contributed by atoms with Crippen LogP contribution < -0.4 is 16.0 Å². The summed E-state index contributed by atoms with van der Waals surface area (Å²) in [6, 6.07) is 15.2. The summed E-state index contributed by atoms with van der Waals surface area (Å²) in [5.74, 6) is -0.367. The average Bonchev–Trinajstić information content (AvgIpc) is 3.50. The van der Waals surface area contributed by atoms with Crippen molar-refractivity contribution >= 4 is 51.1 Å². The van der Waals surface area contributed by atoms with Gasteiger partial charge in [0.25, 0.3) is 5.91 Å². The highest BCUT2D eigenvalue weighted by molar-refractivity contribution is 6.20. The molecule has 3 aromatic carbocycles. The molecular formula is C27H24N4O4.